The van der Waals surface area contributed by atoms with E-state index in [2.05, 4.69) is 9.97 Å². The summed E-state index contributed by atoms with van der Waals surface area (Å²) in [6, 6.07) is 0. The van der Waals surface area contributed by atoms with E-state index < -0.39 is 0 Å². The smallest absolute Gasteiger partial charge is 0.233 e. The molecule has 3 rings (SSSR count). The van der Waals surface area contributed by atoms with Crippen LogP contribution in [0.4, 0.5) is 5.82 Å². The number of amides is 2. The molecule has 0 unspecified atom stereocenters. The molecule has 1 aliphatic heterocycles. The van der Waals surface area contributed by atoms with Gasteiger partial charge in [0.1, 0.15) is 10.6 Å². The molecule has 3 heterocycles. The third-order valence-corrected chi connectivity index (χ3v) is 6.54. The highest BCUT2D eigenvalue weighted by Crippen LogP contribution is 2.33. The molecule has 0 radical (unpaired) electrons. The van der Waals surface area contributed by atoms with Crippen LogP contribution < -0.4 is 11.5 Å². The maximum Gasteiger partial charge on any atom is 0.233 e. The molecule has 2 aromatic rings. The second-order valence-corrected chi connectivity index (χ2v) is 8.35. The number of likely N-dealkylation sites (tertiary alicyclic amines) is 1. The van der Waals surface area contributed by atoms with Crippen LogP contribution in [-0.4, -0.2) is 45.5 Å². The minimum absolute atomic E-state index is 0.0220. The summed E-state index contributed by atoms with van der Waals surface area (Å²) >= 11 is 2.88. The van der Waals surface area contributed by atoms with Crippen molar-refractivity contribution in [2.24, 2.45) is 11.7 Å². The summed E-state index contributed by atoms with van der Waals surface area (Å²) in [7, 11) is 0. The fourth-order valence-corrected chi connectivity index (χ4v) is 4.80. The number of carbonyl (C=O) groups excluding carboxylic acids is 2. The third kappa shape index (κ3) is 3.72. The average molecular weight is 380 g/mol. The molecule has 25 heavy (non-hydrogen) atoms. The van der Waals surface area contributed by atoms with Gasteiger partial charge in [-0.05, 0) is 32.3 Å². The fourth-order valence-electron chi connectivity index (χ4n) is 2.96. The van der Waals surface area contributed by atoms with Crippen molar-refractivity contribution in [2.75, 3.05) is 24.6 Å². The number of primary amides is 1. The first-order valence-corrected chi connectivity index (χ1v) is 9.90. The zero-order valence-corrected chi connectivity index (χ0v) is 15.9. The summed E-state index contributed by atoms with van der Waals surface area (Å²) in [6.45, 7) is 5.18. The van der Waals surface area contributed by atoms with Gasteiger partial charge < -0.3 is 16.4 Å². The first-order valence-electron chi connectivity index (χ1n) is 8.10. The highest BCUT2D eigenvalue weighted by Gasteiger charge is 2.26. The zero-order valence-electron chi connectivity index (χ0n) is 14.2. The molecule has 0 spiro atoms. The predicted octanol–water partition coefficient (Wildman–Crippen LogP) is 1.71. The van der Waals surface area contributed by atoms with Crippen molar-refractivity contribution in [3.05, 3.63) is 10.4 Å². The van der Waals surface area contributed by atoms with Gasteiger partial charge in [0.25, 0.3) is 0 Å². The Bertz CT molecular complexity index is 828. The number of nitrogens with two attached hydrogens (primary N) is 2. The van der Waals surface area contributed by atoms with E-state index in [4.69, 9.17) is 11.5 Å². The van der Waals surface area contributed by atoms with Crippen molar-refractivity contribution in [2.45, 2.75) is 31.8 Å². The number of hydrogen-bond donors (Lipinski definition) is 2. The Morgan fingerprint density at radius 2 is 1.96 bits per heavy atom. The van der Waals surface area contributed by atoms with E-state index in [1.54, 1.807) is 16.2 Å². The van der Waals surface area contributed by atoms with Crippen LogP contribution in [0.2, 0.25) is 0 Å². The minimum Gasteiger partial charge on any atom is -0.383 e. The summed E-state index contributed by atoms with van der Waals surface area (Å²) in [5, 5.41) is 1.43. The van der Waals surface area contributed by atoms with Crippen LogP contribution in [0.3, 0.4) is 0 Å². The molecular formula is C16H21N5O2S2. The number of thioether (sulfide) groups is 1. The van der Waals surface area contributed by atoms with E-state index >= 15 is 0 Å². The molecule has 7 nitrogen and oxygen atoms in total. The number of fused-ring (bicyclic) bond motifs is 1. The zero-order chi connectivity index (χ0) is 18.1. The van der Waals surface area contributed by atoms with Gasteiger partial charge in [-0.25, -0.2) is 9.97 Å². The third-order valence-electron chi connectivity index (χ3n) is 4.61. The number of rotatable bonds is 4. The SMILES string of the molecule is Cc1sc2nc(SCC(=O)N3CCC(C(N)=O)CC3)nc(N)c2c1C. The summed E-state index contributed by atoms with van der Waals surface area (Å²) in [6.07, 6.45) is 1.27. The second kappa shape index (κ2) is 7.17. The molecule has 9 heteroatoms. The Labute approximate surface area is 154 Å². The highest BCUT2D eigenvalue weighted by molar-refractivity contribution is 7.99. The molecule has 134 valence electrons. The molecule has 0 aromatic carbocycles. The molecule has 1 fully saturated rings. The van der Waals surface area contributed by atoms with E-state index in [1.165, 1.54) is 16.6 Å². The van der Waals surface area contributed by atoms with Crippen molar-refractivity contribution < 1.29 is 9.59 Å². The Kier molecular flexibility index (Phi) is 5.14. The van der Waals surface area contributed by atoms with Gasteiger partial charge in [-0.3, -0.25) is 9.59 Å². The summed E-state index contributed by atoms with van der Waals surface area (Å²) in [4.78, 5) is 36.2. The van der Waals surface area contributed by atoms with E-state index in [9.17, 15) is 9.59 Å². The molecule has 1 saturated heterocycles. The monoisotopic (exact) mass is 379 g/mol. The number of aromatic nitrogens is 2. The van der Waals surface area contributed by atoms with Gasteiger partial charge in [0.15, 0.2) is 5.16 Å². The van der Waals surface area contributed by atoms with Crippen molar-refractivity contribution >= 4 is 50.9 Å². The minimum atomic E-state index is -0.278. The predicted molar refractivity (Wildman–Crippen MR) is 101 cm³/mol. The number of thiophene rings is 1. The van der Waals surface area contributed by atoms with Gasteiger partial charge in [0.05, 0.1) is 11.1 Å². The lowest BCUT2D eigenvalue weighted by Crippen LogP contribution is -2.42. The number of piperidine rings is 1. The molecule has 4 N–H and O–H groups in total. The molecule has 1 aliphatic rings. The van der Waals surface area contributed by atoms with E-state index in [0.717, 1.165) is 15.8 Å². The van der Waals surface area contributed by atoms with E-state index in [1.807, 2.05) is 13.8 Å². The molecule has 0 aliphatic carbocycles. The number of hydrogen-bond acceptors (Lipinski definition) is 7. The molecule has 0 saturated carbocycles. The topological polar surface area (TPSA) is 115 Å². The van der Waals surface area contributed by atoms with E-state index in [-0.39, 0.29) is 23.5 Å². The number of carbonyl (C=O) groups is 2. The Morgan fingerprint density at radius 3 is 2.60 bits per heavy atom. The van der Waals surface area contributed by atoms with Crippen LogP contribution in [0.25, 0.3) is 10.2 Å². The van der Waals surface area contributed by atoms with Crippen molar-refractivity contribution in [1.82, 2.24) is 14.9 Å². The first-order chi connectivity index (χ1) is 11.9. The van der Waals surface area contributed by atoms with Crippen molar-refractivity contribution in [1.29, 1.82) is 0 Å². The summed E-state index contributed by atoms with van der Waals surface area (Å²) in [5.74, 6) is 0.348. The summed E-state index contributed by atoms with van der Waals surface area (Å²) < 4.78 is 0. The molecule has 2 amide bonds. The van der Waals surface area contributed by atoms with Crippen LogP contribution in [-0.2, 0) is 9.59 Å². The highest BCUT2D eigenvalue weighted by atomic mass is 32.2. The van der Waals surface area contributed by atoms with Crippen LogP contribution in [0.5, 0.6) is 0 Å². The maximum absolute atomic E-state index is 12.4. The Hall–Kier alpha value is -1.87. The van der Waals surface area contributed by atoms with E-state index in [0.29, 0.717) is 36.9 Å². The second-order valence-electron chi connectivity index (χ2n) is 6.20. The number of anilines is 1. The van der Waals surface area contributed by atoms with Crippen LogP contribution in [0.15, 0.2) is 5.16 Å². The normalized spacial score (nSPS) is 15.7. The molecule has 0 bridgehead atoms. The van der Waals surface area contributed by atoms with Gasteiger partial charge in [-0.2, -0.15) is 0 Å². The van der Waals surface area contributed by atoms with Crippen LogP contribution in [0, 0.1) is 19.8 Å². The number of aryl methyl sites for hydroxylation is 2. The lowest BCUT2D eigenvalue weighted by Gasteiger charge is -2.30. The van der Waals surface area contributed by atoms with Gasteiger partial charge in [-0.15, -0.1) is 11.3 Å². The van der Waals surface area contributed by atoms with Crippen molar-refractivity contribution in [3.8, 4) is 0 Å². The van der Waals surface area contributed by atoms with Gasteiger partial charge in [0.2, 0.25) is 11.8 Å². The fraction of sp³-hybridized carbons (Fsp3) is 0.500. The number of nitrogens with zero attached hydrogens (tertiary/aromatic N) is 3. The average Bonchev–Trinajstić information content (AvgIpc) is 2.87. The standard InChI is InChI=1S/C16H21N5O2S2/c1-8-9(2)25-15-12(8)13(17)19-16(20-15)24-7-11(22)21-5-3-10(4-6-21)14(18)23/h10H,3-7H2,1-2H3,(H2,18,23)(H2,17,19,20). The molecular weight excluding hydrogens is 358 g/mol. The number of nitrogen functional groups attached to an aromatic ring is 1. The molecule has 0 atom stereocenters. The van der Waals surface area contributed by atoms with Gasteiger partial charge in [0, 0.05) is 23.9 Å². The van der Waals surface area contributed by atoms with Gasteiger partial charge >= 0.3 is 0 Å². The van der Waals surface area contributed by atoms with Crippen LogP contribution >= 0.6 is 23.1 Å². The molecule has 2 aromatic heterocycles. The van der Waals surface area contributed by atoms with Crippen molar-refractivity contribution in [3.63, 3.8) is 0 Å². The largest absolute Gasteiger partial charge is 0.383 e. The maximum atomic E-state index is 12.4. The lowest BCUT2D eigenvalue weighted by atomic mass is 9.96. The summed E-state index contributed by atoms with van der Waals surface area (Å²) in [5.41, 5.74) is 12.5. The Morgan fingerprint density at radius 1 is 1.28 bits per heavy atom. The van der Waals surface area contributed by atoms with Crippen LogP contribution in [0.1, 0.15) is 23.3 Å². The Balaban J connectivity index is 1.63. The quantitative estimate of drug-likeness (QED) is 0.617. The first kappa shape index (κ1) is 17.9. The lowest BCUT2D eigenvalue weighted by molar-refractivity contribution is -0.132. The van der Waals surface area contributed by atoms with Gasteiger partial charge in [-0.1, -0.05) is 11.8 Å².